The van der Waals surface area contributed by atoms with Crippen molar-refractivity contribution in [2.24, 2.45) is 0 Å². The second kappa shape index (κ2) is 11.3. The van der Waals surface area contributed by atoms with Crippen molar-refractivity contribution in [2.75, 3.05) is 16.8 Å². The van der Waals surface area contributed by atoms with Crippen LogP contribution >= 0.6 is 23.2 Å². The number of nitrogens with zero attached hydrogens (tertiary/aromatic N) is 1. The van der Waals surface area contributed by atoms with Crippen LogP contribution in [0, 0.1) is 0 Å². The molecule has 0 spiro atoms. The van der Waals surface area contributed by atoms with Crippen molar-refractivity contribution in [3.63, 3.8) is 0 Å². The quantitative estimate of drug-likeness (QED) is 0.227. The minimum absolute atomic E-state index is 0.0620. The Morgan fingerprint density at radius 3 is 2.22 bits per heavy atom. The molecule has 0 radical (unpaired) electrons. The van der Waals surface area contributed by atoms with Crippen molar-refractivity contribution in [1.82, 2.24) is 0 Å². The number of halogens is 2. The van der Waals surface area contributed by atoms with Crippen molar-refractivity contribution in [2.45, 2.75) is 13.3 Å². The van der Waals surface area contributed by atoms with Crippen LogP contribution in [0.15, 0.2) is 83.5 Å². The van der Waals surface area contributed by atoms with E-state index >= 15 is 0 Å². The van der Waals surface area contributed by atoms with E-state index in [1.165, 1.54) is 36.4 Å². The lowest BCUT2D eigenvalue weighted by atomic mass is 10.1. The second-order valence-corrected chi connectivity index (χ2v) is 8.65. The number of carbonyl (C=O) groups is 4. The number of benzene rings is 3. The zero-order chi connectivity index (χ0) is 26.5. The average molecular weight is 539 g/mol. The van der Waals surface area contributed by atoms with E-state index in [0.29, 0.717) is 22.9 Å². The molecule has 3 aromatic carbocycles. The summed E-state index contributed by atoms with van der Waals surface area (Å²) < 4.78 is 10.5. The molecule has 0 atom stereocenters. The van der Waals surface area contributed by atoms with Crippen LogP contribution in [0.5, 0.6) is 5.75 Å². The van der Waals surface area contributed by atoms with Gasteiger partial charge in [0.2, 0.25) is 0 Å². The highest BCUT2D eigenvalue weighted by atomic mass is 35.5. The van der Waals surface area contributed by atoms with Crippen molar-refractivity contribution in [3.8, 4) is 5.75 Å². The Kier molecular flexibility index (Phi) is 7.91. The van der Waals surface area contributed by atoms with Gasteiger partial charge in [0.1, 0.15) is 16.5 Å². The Labute approximate surface area is 222 Å². The maximum Gasteiger partial charge on any atom is 0.343 e. The van der Waals surface area contributed by atoms with Gasteiger partial charge in [-0.2, -0.15) is 0 Å². The maximum atomic E-state index is 13.2. The molecular weight excluding hydrogens is 519 g/mol. The van der Waals surface area contributed by atoms with Crippen LogP contribution in [0.4, 0.5) is 11.4 Å². The lowest BCUT2D eigenvalue weighted by Crippen LogP contribution is -2.33. The predicted octanol–water partition coefficient (Wildman–Crippen LogP) is 5.56. The number of ether oxygens (including phenoxy) is 2. The minimum atomic E-state index is -0.784. The van der Waals surface area contributed by atoms with E-state index in [9.17, 15) is 19.2 Å². The number of nitrogens with one attached hydrogen (secondary N) is 1. The second-order valence-electron chi connectivity index (χ2n) is 7.83. The number of hydrogen-bond donors (Lipinski definition) is 1. The number of carbonyl (C=O) groups excluding carboxylic acids is 4. The van der Waals surface area contributed by atoms with Crippen LogP contribution < -0.4 is 15.0 Å². The summed E-state index contributed by atoms with van der Waals surface area (Å²) in [5.74, 6) is -2.43. The zero-order valence-corrected chi connectivity index (χ0v) is 21.0. The number of anilines is 2. The van der Waals surface area contributed by atoms with E-state index in [-0.39, 0.29) is 34.2 Å². The Hall–Kier alpha value is -4.14. The van der Waals surface area contributed by atoms with Crippen LogP contribution in [-0.4, -0.2) is 30.4 Å². The number of amides is 2. The van der Waals surface area contributed by atoms with Gasteiger partial charge in [-0.15, -0.1) is 0 Å². The molecule has 0 fully saturated rings. The zero-order valence-electron chi connectivity index (χ0n) is 19.5. The summed E-state index contributed by atoms with van der Waals surface area (Å²) in [6.07, 6.45) is 0.620. The first kappa shape index (κ1) is 25.9. The molecule has 2 amide bonds. The van der Waals surface area contributed by atoms with E-state index in [2.05, 4.69) is 5.32 Å². The monoisotopic (exact) mass is 538 g/mol. The highest BCUT2D eigenvalue weighted by Crippen LogP contribution is 2.32. The van der Waals surface area contributed by atoms with Gasteiger partial charge in [-0.1, -0.05) is 42.3 Å². The number of esters is 2. The number of imide groups is 1. The fraction of sp³-hybridized carbons (Fsp3) is 0.111. The molecule has 0 bridgehead atoms. The van der Waals surface area contributed by atoms with Crippen LogP contribution in [0.1, 0.15) is 34.1 Å². The lowest BCUT2D eigenvalue weighted by Gasteiger charge is -2.18. The van der Waals surface area contributed by atoms with E-state index < -0.39 is 23.8 Å². The summed E-state index contributed by atoms with van der Waals surface area (Å²) in [5.41, 5.74) is 0.617. The topological polar surface area (TPSA) is 102 Å². The molecule has 0 aromatic heterocycles. The van der Waals surface area contributed by atoms with Gasteiger partial charge in [-0.25, -0.2) is 14.5 Å². The third-order valence-corrected chi connectivity index (χ3v) is 5.85. The van der Waals surface area contributed by atoms with E-state index in [0.717, 1.165) is 4.90 Å². The summed E-state index contributed by atoms with van der Waals surface area (Å²) in [6, 6.07) is 18.5. The first-order chi connectivity index (χ1) is 17.8. The van der Waals surface area contributed by atoms with Crippen LogP contribution in [-0.2, 0) is 14.3 Å². The van der Waals surface area contributed by atoms with Gasteiger partial charge in [0.05, 0.1) is 23.4 Å². The molecule has 8 nitrogen and oxygen atoms in total. The van der Waals surface area contributed by atoms with E-state index in [1.807, 2.05) is 6.92 Å². The lowest BCUT2D eigenvalue weighted by molar-refractivity contribution is -0.120. The summed E-state index contributed by atoms with van der Waals surface area (Å²) in [5, 5.41) is 3.00. The van der Waals surface area contributed by atoms with Crippen LogP contribution in [0.2, 0.25) is 5.02 Å². The molecule has 4 rings (SSSR count). The Morgan fingerprint density at radius 1 is 0.865 bits per heavy atom. The van der Waals surface area contributed by atoms with Gasteiger partial charge in [-0.05, 0) is 67.1 Å². The molecule has 37 heavy (non-hydrogen) atoms. The summed E-state index contributed by atoms with van der Waals surface area (Å²) >= 11 is 12.1. The Bertz CT molecular complexity index is 1400. The molecule has 10 heteroatoms. The first-order valence-electron chi connectivity index (χ1n) is 11.2. The summed E-state index contributed by atoms with van der Waals surface area (Å²) in [4.78, 5) is 51.8. The van der Waals surface area contributed by atoms with Crippen LogP contribution in [0.3, 0.4) is 0 Å². The molecular formula is C27H20Cl2N2O6. The summed E-state index contributed by atoms with van der Waals surface area (Å²) in [6.45, 7) is 2.05. The van der Waals surface area contributed by atoms with Gasteiger partial charge >= 0.3 is 11.9 Å². The fourth-order valence-electron chi connectivity index (χ4n) is 3.45. The molecule has 0 saturated heterocycles. The number of para-hydroxylation sites is 1. The summed E-state index contributed by atoms with van der Waals surface area (Å²) in [7, 11) is 0. The van der Waals surface area contributed by atoms with Gasteiger partial charge in [0.15, 0.2) is 0 Å². The SMILES string of the molecule is CCCOC(=O)c1ccccc1N1C(=O)C(Cl)=C(Nc2ccc(C(=O)Oc3ccc(Cl)cc3)cc2)C1=O. The third-order valence-electron chi connectivity index (χ3n) is 5.24. The largest absolute Gasteiger partial charge is 0.462 e. The molecule has 0 aliphatic carbocycles. The molecule has 1 aliphatic heterocycles. The van der Waals surface area contributed by atoms with Crippen molar-refractivity contribution in [1.29, 1.82) is 0 Å². The number of hydrogen-bond acceptors (Lipinski definition) is 7. The highest BCUT2D eigenvalue weighted by Gasteiger charge is 2.40. The molecule has 3 aromatic rings. The maximum absolute atomic E-state index is 13.2. The van der Waals surface area contributed by atoms with Gasteiger partial charge in [0.25, 0.3) is 11.8 Å². The minimum Gasteiger partial charge on any atom is -0.462 e. The molecule has 0 saturated carbocycles. The van der Waals surface area contributed by atoms with Gasteiger partial charge in [-0.3, -0.25) is 9.59 Å². The van der Waals surface area contributed by atoms with E-state index in [4.69, 9.17) is 32.7 Å². The van der Waals surface area contributed by atoms with Crippen molar-refractivity contribution in [3.05, 3.63) is 99.7 Å². The molecule has 1 N–H and O–H groups in total. The molecule has 1 aliphatic rings. The Balaban J connectivity index is 1.50. The van der Waals surface area contributed by atoms with Gasteiger partial charge in [0, 0.05) is 10.7 Å². The van der Waals surface area contributed by atoms with Crippen LogP contribution in [0.25, 0.3) is 0 Å². The molecule has 0 unspecified atom stereocenters. The van der Waals surface area contributed by atoms with Gasteiger partial charge < -0.3 is 14.8 Å². The predicted molar refractivity (Wildman–Crippen MR) is 139 cm³/mol. The van der Waals surface area contributed by atoms with Crippen molar-refractivity contribution < 1.29 is 28.7 Å². The third kappa shape index (κ3) is 5.66. The number of rotatable bonds is 8. The molecule has 188 valence electrons. The normalized spacial score (nSPS) is 13.1. The first-order valence-corrected chi connectivity index (χ1v) is 11.9. The van der Waals surface area contributed by atoms with Crippen molar-refractivity contribution >= 4 is 58.3 Å². The molecule has 1 heterocycles. The van der Waals surface area contributed by atoms with E-state index in [1.54, 1.807) is 36.4 Å². The Morgan fingerprint density at radius 2 is 1.54 bits per heavy atom. The average Bonchev–Trinajstić information content (AvgIpc) is 3.11. The smallest absolute Gasteiger partial charge is 0.343 e. The highest BCUT2D eigenvalue weighted by molar-refractivity contribution is 6.53. The standard InChI is InChI=1S/C27H20Cl2N2O6/c1-2-15-36-27(35)20-5-3-4-6-21(20)31-24(32)22(29)23(25(31)33)30-18-11-7-16(8-12-18)26(34)37-19-13-9-17(28)10-14-19/h3-14,30H,2,15H2,1H3. The fourth-order valence-corrected chi connectivity index (χ4v) is 3.79.